The summed E-state index contributed by atoms with van der Waals surface area (Å²) in [7, 11) is 2.11. The molecule has 0 aliphatic carbocycles. The van der Waals surface area contributed by atoms with Crippen molar-refractivity contribution in [3.63, 3.8) is 0 Å². The third-order valence-corrected chi connectivity index (χ3v) is 6.28. The number of fused-ring (bicyclic) bond motifs is 1. The van der Waals surface area contributed by atoms with E-state index in [0.29, 0.717) is 18.0 Å². The van der Waals surface area contributed by atoms with Gasteiger partial charge in [-0.15, -0.1) is 5.10 Å². The third-order valence-electron chi connectivity index (χ3n) is 5.55. The number of aromatic nitrogens is 2. The predicted octanol–water partition coefficient (Wildman–Crippen LogP) is 1.58. The Morgan fingerprint density at radius 1 is 1.43 bits per heavy atom. The van der Waals surface area contributed by atoms with Crippen molar-refractivity contribution in [1.29, 1.82) is 0 Å². The quantitative estimate of drug-likeness (QED) is 0.906. The number of carbonyl (C=O) groups is 1. The van der Waals surface area contributed by atoms with Crippen molar-refractivity contribution in [2.24, 2.45) is 5.41 Å². The van der Waals surface area contributed by atoms with Crippen LogP contribution in [0.15, 0.2) is 0 Å². The van der Waals surface area contributed by atoms with Gasteiger partial charge in [0.1, 0.15) is 4.88 Å². The Labute approximate surface area is 141 Å². The average molecular weight is 338 g/mol. The molecule has 1 amide bonds. The zero-order chi connectivity index (χ0) is 16.6. The van der Waals surface area contributed by atoms with Crippen LogP contribution in [0.3, 0.4) is 0 Å². The fraction of sp³-hybridized carbons (Fsp3) is 0.812. The highest BCUT2D eigenvalue weighted by atomic mass is 32.1. The van der Waals surface area contributed by atoms with Gasteiger partial charge >= 0.3 is 0 Å². The minimum Gasteiger partial charge on any atom is -0.396 e. The van der Waals surface area contributed by atoms with Crippen molar-refractivity contribution in [2.75, 3.05) is 33.3 Å². The molecule has 2 aliphatic heterocycles. The summed E-state index contributed by atoms with van der Waals surface area (Å²) in [6.07, 6.45) is 3.05. The number of amides is 1. The molecular weight excluding hydrogens is 312 g/mol. The van der Waals surface area contributed by atoms with E-state index in [4.69, 9.17) is 0 Å². The van der Waals surface area contributed by atoms with Crippen LogP contribution in [0.25, 0.3) is 0 Å². The molecule has 0 saturated carbocycles. The van der Waals surface area contributed by atoms with E-state index in [1.165, 1.54) is 11.5 Å². The molecule has 6 nitrogen and oxygen atoms in total. The van der Waals surface area contributed by atoms with Gasteiger partial charge < -0.3 is 14.9 Å². The summed E-state index contributed by atoms with van der Waals surface area (Å²) in [4.78, 5) is 17.9. The number of likely N-dealkylation sites (N-methyl/N-ethyl adjacent to an activating group) is 1. The lowest BCUT2D eigenvalue weighted by atomic mass is 9.69. The second-order valence-electron chi connectivity index (χ2n) is 7.26. The summed E-state index contributed by atoms with van der Waals surface area (Å²) >= 11 is 1.20. The second-order valence-corrected chi connectivity index (χ2v) is 8.02. The van der Waals surface area contributed by atoms with Crippen LogP contribution in [0, 0.1) is 5.41 Å². The molecule has 0 unspecified atom stereocenters. The van der Waals surface area contributed by atoms with Crippen LogP contribution in [0.4, 0.5) is 0 Å². The Hall–Kier alpha value is -1.05. The first-order valence-electron chi connectivity index (χ1n) is 8.41. The monoisotopic (exact) mass is 338 g/mol. The summed E-state index contributed by atoms with van der Waals surface area (Å²) in [5.41, 5.74) is 0.757. The first-order valence-corrected chi connectivity index (χ1v) is 9.18. The minimum atomic E-state index is -0.0450. The molecule has 0 radical (unpaired) electrons. The molecule has 2 atom stereocenters. The summed E-state index contributed by atoms with van der Waals surface area (Å²) in [6, 6.07) is 0.238. The van der Waals surface area contributed by atoms with Gasteiger partial charge in [-0.1, -0.05) is 18.3 Å². The summed E-state index contributed by atoms with van der Waals surface area (Å²) in [5, 5.41) is 14.1. The molecule has 1 N–H and O–H groups in total. The zero-order valence-corrected chi connectivity index (χ0v) is 15.0. The molecule has 128 valence electrons. The molecule has 2 fully saturated rings. The zero-order valence-electron chi connectivity index (χ0n) is 14.2. The van der Waals surface area contributed by atoms with E-state index in [9.17, 15) is 9.90 Å². The molecule has 0 spiro atoms. The van der Waals surface area contributed by atoms with Gasteiger partial charge in [0, 0.05) is 24.5 Å². The topological polar surface area (TPSA) is 69.6 Å². The molecule has 23 heavy (non-hydrogen) atoms. The van der Waals surface area contributed by atoms with Crippen LogP contribution in [0.2, 0.25) is 0 Å². The number of likely N-dealkylation sites (tertiary alicyclic amines) is 2. The normalized spacial score (nSPS) is 28.9. The minimum absolute atomic E-state index is 0.0450. The van der Waals surface area contributed by atoms with Gasteiger partial charge in [-0.2, -0.15) is 0 Å². The number of hydrogen-bond donors (Lipinski definition) is 1. The molecule has 7 heteroatoms. The van der Waals surface area contributed by atoms with Crippen LogP contribution in [-0.4, -0.2) is 69.7 Å². The Bertz CT molecular complexity index is 576. The fourth-order valence-corrected chi connectivity index (χ4v) is 4.86. The highest BCUT2D eigenvalue weighted by Gasteiger charge is 2.47. The maximum Gasteiger partial charge on any atom is 0.267 e. The molecule has 0 bridgehead atoms. The van der Waals surface area contributed by atoms with Crippen molar-refractivity contribution >= 4 is 17.4 Å². The van der Waals surface area contributed by atoms with Gasteiger partial charge in [0.05, 0.1) is 12.3 Å². The molecule has 2 saturated heterocycles. The lowest BCUT2D eigenvalue weighted by Gasteiger charge is -2.53. The number of hydrogen-bond acceptors (Lipinski definition) is 6. The summed E-state index contributed by atoms with van der Waals surface area (Å²) < 4.78 is 3.98. The number of carbonyl (C=O) groups excluding carboxylic acids is 1. The Kier molecular flexibility index (Phi) is 4.71. The molecule has 3 heterocycles. The molecule has 0 aromatic carbocycles. The molecule has 2 aliphatic rings. The summed E-state index contributed by atoms with van der Waals surface area (Å²) in [5.74, 6) is 0.251. The van der Waals surface area contributed by atoms with Crippen LogP contribution in [0.1, 0.15) is 54.4 Å². The van der Waals surface area contributed by atoms with E-state index in [0.717, 1.165) is 31.5 Å². The van der Waals surface area contributed by atoms with Gasteiger partial charge in [-0.05, 0) is 50.3 Å². The van der Waals surface area contributed by atoms with Crippen molar-refractivity contribution in [3.8, 4) is 0 Å². The molecule has 1 aromatic heterocycles. The van der Waals surface area contributed by atoms with Crippen LogP contribution in [0.5, 0.6) is 0 Å². The van der Waals surface area contributed by atoms with Crippen molar-refractivity contribution < 1.29 is 9.90 Å². The maximum atomic E-state index is 12.9. The SMILES string of the molecule is CC(C)c1nnsc1C(=O)N1CC[C@@]2(CO)CCCN(C)[C@@H]2C1. The Morgan fingerprint density at radius 2 is 2.22 bits per heavy atom. The number of piperidine rings is 2. The average Bonchev–Trinajstić information content (AvgIpc) is 3.04. The fourth-order valence-electron chi connectivity index (χ4n) is 4.07. The van der Waals surface area contributed by atoms with Crippen LogP contribution < -0.4 is 0 Å². The van der Waals surface area contributed by atoms with Gasteiger partial charge in [0.15, 0.2) is 0 Å². The Balaban J connectivity index is 1.80. The van der Waals surface area contributed by atoms with E-state index >= 15 is 0 Å². The van der Waals surface area contributed by atoms with Crippen molar-refractivity contribution in [2.45, 2.75) is 45.1 Å². The molecule has 3 rings (SSSR count). The molecule has 1 aromatic rings. The first-order chi connectivity index (χ1) is 11.0. The van der Waals surface area contributed by atoms with Crippen LogP contribution >= 0.6 is 11.5 Å². The van der Waals surface area contributed by atoms with E-state index in [1.807, 2.05) is 18.7 Å². The van der Waals surface area contributed by atoms with E-state index in [1.54, 1.807) is 0 Å². The smallest absolute Gasteiger partial charge is 0.267 e. The van der Waals surface area contributed by atoms with Crippen molar-refractivity contribution in [1.82, 2.24) is 19.4 Å². The number of aliphatic hydroxyl groups excluding tert-OH is 1. The van der Waals surface area contributed by atoms with Gasteiger partial charge in [0.25, 0.3) is 5.91 Å². The highest BCUT2D eigenvalue weighted by molar-refractivity contribution is 7.08. The lowest BCUT2D eigenvalue weighted by Crippen LogP contribution is -2.62. The second kappa shape index (κ2) is 6.45. The lowest BCUT2D eigenvalue weighted by molar-refractivity contribution is -0.0600. The van der Waals surface area contributed by atoms with E-state index < -0.39 is 0 Å². The van der Waals surface area contributed by atoms with E-state index in [2.05, 4.69) is 21.5 Å². The summed E-state index contributed by atoms with van der Waals surface area (Å²) in [6.45, 7) is 6.71. The first kappa shape index (κ1) is 16.8. The maximum absolute atomic E-state index is 12.9. The van der Waals surface area contributed by atoms with E-state index in [-0.39, 0.29) is 29.9 Å². The standard InChI is InChI=1S/C16H26N4O2S/c1-11(2)13-14(23-18-17-13)15(22)20-8-6-16(10-21)5-4-7-19(3)12(16)9-20/h11-12,21H,4-10H2,1-3H3/t12-,16-/m1/s1. The van der Waals surface area contributed by atoms with Gasteiger partial charge in [0.2, 0.25) is 0 Å². The molecular formula is C16H26N4O2S. The number of nitrogens with zero attached hydrogens (tertiary/aromatic N) is 4. The van der Waals surface area contributed by atoms with Gasteiger partial charge in [-0.25, -0.2) is 0 Å². The predicted molar refractivity (Wildman–Crippen MR) is 89.7 cm³/mol. The van der Waals surface area contributed by atoms with Crippen LogP contribution in [-0.2, 0) is 0 Å². The van der Waals surface area contributed by atoms with Gasteiger partial charge in [-0.3, -0.25) is 4.79 Å². The highest BCUT2D eigenvalue weighted by Crippen LogP contribution is 2.42. The largest absolute Gasteiger partial charge is 0.396 e. The number of rotatable bonds is 3. The number of aliphatic hydroxyl groups is 1. The third kappa shape index (κ3) is 2.90. The Morgan fingerprint density at radius 3 is 2.91 bits per heavy atom. The van der Waals surface area contributed by atoms with Crippen molar-refractivity contribution in [3.05, 3.63) is 10.6 Å².